The molecule has 0 radical (unpaired) electrons. The maximum atomic E-state index is 4.49. The Labute approximate surface area is 144 Å². The molecule has 0 amide bonds. The molecule has 0 saturated carbocycles. The van der Waals surface area contributed by atoms with E-state index in [4.69, 9.17) is 0 Å². The van der Waals surface area contributed by atoms with Crippen LogP contribution in [-0.2, 0) is 0 Å². The van der Waals surface area contributed by atoms with Crippen LogP contribution < -0.4 is 0 Å². The van der Waals surface area contributed by atoms with Crippen LogP contribution in [0.25, 0.3) is 0 Å². The lowest BCUT2D eigenvalue weighted by molar-refractivity contribution is 0.810. The van der Waals surface area contributed by atoms with Crippen LogP contribution in [0.1, 0.15) is 53.4 Å². The molecule has 118 valence electrons. The summed E-state index contributed by atoms with van der Waals surface area (Å²) in [6, 6.07) is 0.275. The van der Waals surface area contributed by atoms with Crippen molar-refractivity contribution in [3.8, 4) is 0 Å². The number of nitrogens with zero attached hydrogens (tertiary/aromatic N) is 2. The minimum atomic E-state index is 0.275. The molecule has 0 fully saturated rings. The van der Waals surface area contributed by atoms with Gasteiger partial charge in [0, 0.05) is 0 Å². The number of aliphatic imine (C=N–C) groups is 2. The Bertz CT molecular complexity index is 417. The van der Waals surface area contributed by atoms with Crippen molar-refractivity contribution in [3.63, 3.8) is 0 Å². The molecule has 21 heavy (non-hydrogen) atoms. The topological polar surface area (TPSA) is 24.7 Å². The zero-order valence-corrected chi connectivity index (χ0v) is 16.1. The molecule has 0 aromatic heterocycles. The molecule has 0 saturated heterocycles. The fourth-order valence-corrected chi connectivity index (χ4v) is 3.15. The second kappa shape index (κ2) is 13.0. The quantitative estimate of drug-likeness (QED) is 0.246. The van der Waals surface area contributed by atoms with Gasteiger partial charge in [-0.3, -0.25) is 9.98 Å². The lowest BCUT2D eigenvalue weighted by Crippen LogP contribution is -2.04. The highest BCUT2D eigenvalue weighted by atomic mass is 127. The number of hydrogen-bond acceptors (Lipinski definition) is 2. The first-order valence-corrected chi connectivity index (χ1v) is 8.81. The number of rotatable bonds is 10. The van der Waals surface area contributed by atoms with E-state index in [-0.39, 0.29) is 6.04 Å². The van der Waals surface area contributed by atoms with Crippen LogP contribution in [0.5, 0.6) is 0 Å². The third kappa shape index (κ3) is 9.02. The van der Waals surface area contributed by atoms with E-state index in [1.165, 1.54) is 21.1 Å². The fraction of sp³-hybridized carbons (Fsp3) is 0.556. The molecule has 0 rings (SSSR count). The van der Waals surface area contributed by atoms with E-state index < -0.39 is 0 Å². The lowest BCUT2D eigenvalue weighted by atomic mass is 10.0. The van der Waals surface area contributed by atoms with Crippen molar-refractivity contribution in [2.45, 2.75) is 59.4 Å². The van der Waals surface area contributed by atoms with Gasteiger partial charge >= 0.3 is 0 Å². The van der Waals surface area contributed by atoms with Crippen molar-refractivity contribution in [2.24, 2.45) is 9.98 Å². The van der Waals surface area contributed by atoms with Crippen LogP contribution in [0, 0.1) is 0 Å². The van der Waals surface area contributed by atoms with Gasteiger partial charge in [-0.2, -0.15) is 0 Å². The standard InChI is InChI=1S/C18H29IN2/c1-6-9-10-11-16(14-20-5)12-13-18(19)17(7-2)15(4)21-8-3/h8,10-12,15H,5-7,9,13-14H2,1-4H3/b11-10-,16-12-,18-17+,21-8?. The first kappa shape index (κ1) is 20.3. The molecular formula is C18H29IN2. The molecular weight excluding hydrogens is 371 g/mol. The van der Waals surface area contributed by atoms with Crippen molar-refractivity contribution in [2.75, 3.05) is 6.54 Å². The summed E-state index contributed by atoms with van der Waals surface area (Å²) in [5.74, 6) is 0. The highest BCUT2D eigenvalue weighted by Gasteiger charge is 2.08. The van der Waals surface area contributed by atoms with Crippen LogP contribution in [0.2, 0.25) is 0 Å². The maximum absolute atomic E-state index is 4.49. The van der Waals surface area contributed by atoms with Gasteiger partial charge in [-0.05, 0) is 83.4 Å². The normalized spacial score (nSPS) is 15.6. The van der Waals surface area contributed by atoms with Crippen molar-refractivity contribution < 1.29 is 0 Å². The van der Waals surface area contributed by atoms with E-state index in [0.717, 1.165) is 19.3 Å². The van der Waals surface area contributed by atoms with Gasteiger partial charge in [-0.15, -0.1) is 0 Å². The summed E-state index contributed by atoms with van der Waals surface area (Å²) in [5.41, 5.74) is 2.67. The molecule has 0 aliphatic carbocycles. The first-order valence-electron chi connectivity index (χ1n) is 7.73. The summed E-state index contributed by atoms with van der Waals surface area (Å²) in [5, 5.41) is 0. The van der Waals surface area contributed by atoms with Crippen LogP contribution in [0.15, 0.2) is 42.9 Å². The SMILES string of the molecule is C=NCC(/C=C\CCC)=C\C/C(I)=C(/CC)C(C)N=CC. The molecule has 1 atom stereocenters. The van der Waals surface area contributed by atoms with Gasteiger partial charge in [0.15, 0.2) is 0 Å². The largest absolute Gasteiger partial charge is 0.296 e. The Hall–Kier alpha value is -0.710. The number of hydrogen-bond donors (Lipinski definition) is 0. The minimum Gasteiger partial charge on any atom is -0.296 e. The molecule has 2 nitrogen and oxygen atoms in total. The van der Waals surface area contributed by atoms with E-state index in [0.29, 0.717) is 6.54 Å². The third-order valence-corrected chi connectivity index (χ3v) is 4.36. The van der Waals surface area contributed by atoms with Crippen molar-refractivity contribution in [3.05, 3.63) is 33.0 Å². The van der Waals surface area contributed by atoms with Gasteiger partial charge in [0.25, 0.3) is 0 Å². The Morgan fingerprint density at radius 3 is 2.57 bits per heavy atom. The van der Waals surface area contributed by atoms with Gasteiger partial charge in [-0.1, -0.05) is 38.5 Å². The molecule has 0 spiro atoms. The smallest absolute Gasteiger partial charge is 0.0686 e. The van der Waals surface area contributed by atoms with Crippen LogP contribution in [0.4, 0.5) is 0 Å². The summed E-state index contributed by atoms with van der Waals surface area (Å²) < 4.78 is 1.39. The highest BCUT2D eigenvalue weighted by molar-refractivity contribution is 14.1. The van der Waals surface area contributed by atoms with Crippen LogP contribution >= 0.6 is 22.6 Å². The molecule has 0 aliphatic rings. The molecule has 0 heterocycles. The lowest BCUT2D eigenvalue weighted by Gasteiger charge is -2.12. The van der Waals surface area contributed by atoms with Gasteiger partial charge < -0.3 is 0 Å². The van der Waals surface area contributed by atoms with Crippen LogP contribution in [0.3, 0.4) is 0 Å². The zero-order valence-electron chi connectivity index (χ0n) is 13.9. The maximum Gasteiger partial charge on any atom is 0.0686 e. The summed E-state index contributed by atoms with van der Waals surface area (Å²) >= 11 is 2.46. The van der Waals surface area contributed by atoms with E-state index in [2.05, 4.69) is 78.3 Å². The van der Waals surface area contributed by atoms with Crippen molar-refractivity contribution in [1.29, 1.82) is 0 Å². The van der Waals surface area contributed by atoms with E-state index in [1.807, 2.05) is 13.1 Å². The predicted octanol–water partition coefficient (Wildman–Crippen LogP) is 5.94. The Morgan fingerprint density at radius 2 is 2.05 bits per heavy atom. The molecule has 1 unspecified atom stereocenters. The molecule has 0 N–H and O–H groups in total. The number of unbranched alkanes of at least 4 members (excludes halogenated alkanes) is 1. The average Bonchev–Trinajstić information content (AvgIpc) is 2.46. The number of allylic oxidation sites excluding steroid dienone is 3. The Balaban J connectivity index is 5.01. The third-order valence-electron chi connectivity index (χ3n) is 3.23. The molecule has 0 aromatic carbocycles. The Morgan fingerprint density at radius 1 is 1.33 bits per heavy atom. The van der Waals surface area contributed by atoms with Crippen molar-refractivity contribution in [1.82, 2.24) is 0 Å². The summed E-state index contributed by atoms with van der Waals surface area (Å²) in [6.07, 6.45) is 12.8. The van der Waals surface area contributed by atoms with Gasteiger partial charge in [0.2, 0.25) is 0 Å². The zero-order chi connectivity index (χ0) is 16.1. The van der Waals surface area contributed by atoms with Crippen molar-refractivity contribution >= 4 is 35.5 Å². The minimum absolute atomic E-state index is 0.275. The summed E-state index contributed by atoms with van der Waals surface area (Å²) in [6.45, 7) is 12.8. The van der Waals surface area contributed by atoms with E-state index in [1.54, 1.807) is 0 Å². The average molecular weight is 400 g/mol. The second-order valence-electron chi connectivity index (χ2n) is 4.92. The van der Waals surface area contributed by atoms with E-state index >= 15 is 0 Å². The summed E-state index contributed by atoms with van der Waals surface area (Å²) in [7, 11) is 0. The molecule has 0 aromatic rings. The van der Waals surface area contributed by atoms with Gasteiger partial charge in [-0.25, -0.2) is 0 Å². The molecule has 0 bridgehead atoms. The van der Waals surface area contributed by atoms with Gasteiger partial charge in [0.1, 0.15) is 0 Å². The van der Waals surface area contributed by atoms with E-state index in [9.17, 15) is 0 Å². The summed E-state index contributed by atoms with van der Waals surface area (Å²) in [4.78, 5) is 8.50. The van der Waals surface area contributed by atoms with Crippen LogP contribution in [-0.4, -0.2) is 25.5 Å². The first-order chi connectivity index (χ1) is 10.1. The molecule has 3 heteroatoms. The fourth-order valence-electron chi connectivity index (χ4n) is 2.10. The predicted molar refractivity (Wildman–Crippen MR) is 106 cm³/mol. The molecule has 0 aliphatic heterocycles. The van der Waals surface area contributed by atoms with Gasteiger partial charge in [0.05, 0.1) is 12.6 Å². The number of halogens is 1. The Kier molecular flexibility index (Phi) is 12.5. The highest BCUT2D eigenvalue weighted by Crippen LogP contribution is 2.25. The second-order valence-corrected chi connectivity index (χ2v) is 6.23. The monoisotopic (exact) mass is 400 g/mol.